The van der Waals surface area contributed by atoms with Crippen molar-refractivity contribution in [1.29, 1.82) is 0 Å². The molecule has 3 unspecified atom stereocenters. The molecular formula is C16H30N2OS. The smallest absolute Gasteiger partial charge is 0.0691 e. The Kier molecular flexibility index (Phi) is 3.69. The second-order valence-corrected chi connectivity index (χ2v) is 9.89. The predicted octanol–water partition coefficient (Wildman–Crippen LogP) is 2.35. The molecule has 2 heterocycles. The van der Waals surface area contributed by atoms with Gasteiger partial charge in [-0.2, -0.15) is 11.8 Å². The van der Waals surface area contributed by atoms with E-state index >= 15 is 0 Å². The Morgan fingerprint density at radius 1 is 1.25 bits per heavy atom. The summed E-state index contributed by atoms with van der Waals surface area (Å²) in [6, 6.07) is 0. The fourth-order valence-corrected chi connectivity index (χ4v) is 5.52. The Labute approximate surface area is 128 Å². The Morgan fingerprint density at radius 3 is 2.75 bits per heavy atom. The van der Waals surface area contributed by atoms with E-state index in [2.05, 4.69) is 44.4 Å². The highest BCUT2D eigenvalue weighted by Gasteiger charge is 2.67. The average molecular weight is 298 g/mol. The summed E-state index contributed by atoms with van der Waals surface area (Å²) < 4.78 is 6.33. The quantitative estimate of drug-likeness (QED) is 0.849. The van der Waals surface area contributed by atoms with Gasteiger partial charge in [-0.05, 0) is 19.4 Å². The molecule has 116 valence electrons. The predicted molar refractivity (Wildman–Crippen MR) is 86.1 cm³/mol. The molecule has 4 heteroatoms. The molecule has 0 spiro atoms. The van der Waals surface area contributed by atoms with Crippen LogP contribution in [0.5, 0.6) is 0 Å². The molecule has 0 aromatic carbocycles. The van der Waals surface area contributed by atoms with Crippen molar-refractivity contribution in [1.82, 2.24) is 4.90 Å². The summed E-state index contributed by atoms with van der Waals surface area (Å²) in [6.07, 6.45) is 2.81. The second kappa shape index (κ2) is 4.87. The lowest BCUT2D eigenvalue weighted by atomic mass is 9.48. The third-order valence-corrected chi connectivity index (χ3v) is 7.45. The van der Waals surface area contributed by atoms with Gasteiger partial charge in [-0.25, -0.2) is 0 Å². The number of nitrogens with zero attached hydrogens (tertiary/aromatic N) is 1. The molecule has 2 aliphatic heterocycles. The van der Waals surface area contributed by atoms with Crippen molar-refractivity contribution in [3.05, 3.63) is 0 Å². The second-order valence-electron chi connectivity index (χ2n) is 8.08. The fraction of sp³-hybridized carbons (Fsp3) is 1.00. The molecule has 1 saturated carbocycles. The molecule has 3 nitrogen and oxygen atoms in total. The molecule has 1 aliphatic carbocycles. The minimum Gasteiger partial charge on any atom is -0.377 e. The van der Waals surface area contributed by atoms with Gasteiger partial charge >= 0.3 is 0 Å². The topological polar surface area (TPSA) is 38.5 Å². The van der Waals surface area contributed by atoms with Crippen LogP contribution in [-0.2, 0) is 4.74 Å². The molecule has 0 aromatic heterocycles. The summed E-state index contributed by atoms with van der Waals surface area (Å²) in [4.78, 5) is 2.61. The molecule has 20 heavy (non-hydrogen) atoms. The molecule has 0 radical (unpaired) electrons. The summed E-state index contributed by atoms with van der Waals surface area (Å²) in [7, 11) is 0. The Bertz CT molecular complexity index is 385. The van der Waals surface area contributed by atoms with E-state index in [0.717, 1.165) is 19.6 Å². The van der Waals surface area contributed by atoms with Crippen molar-refractivity contribution in [3.63, 3.8) is 0 Å². The van der Waals surface area contributed by atoms with Crippen LogP contribution in [0.15, 0.2) is 0 Å². The van der Waals surface area contributed by atoms with E-state index in [1.165, 1.54) is 25.3 Å². The van der Waals surface area contributed by atoms with Crippen LogP contribution in [0.3, 0.4) is 0 Å². The van der Waals surface area contributed by atoms with E-state index in [0.29, 0.717) is 16.8 Å². The summed E-state index contributed by atoms with van der Waals surface area (Å²) in [5.41, 5.74) is 6.94. The van der Waals surface area contributed by atoms with E-state index in [4.69, 9.17) is 10.5 Å². The van der Waals surface area contributed by atoms with Crippen molar-refractivity contribution >= 4 is 11.8 Å². The molecule has 0 amide bonds. The first-order valence-electron chi connectivity index (χ1n) is 8.03. The van der Waals surface area contributed by atoms with Gasteiger partial charge in [0.25, 0.3) is 0 Å². The molecule has 2 N–H and O–H groups in total. The number of hydrogen-bond donors (Lipinski definition) is 1. The van der Waals surface area contributed by atoms with E-state index in [1.54, 1.807) is 0 Å². The average Bonchev–Trinajstić information content (AvgIpc) is 2.77. The summed E-state index contributed by atoms with van der Waals surface area (Å²) >= 11 is 2.11. The van der Waals surface area contributed by atoms with Gasteiger partial charge in [0.1, 0.15) is 0 Å². The SMILES string of the molecule is CC1(C)CCN(CC2(N)C3CCOC3C2(C)C)CCS1. The van der Waals surface area contributed by atoms with Crippen molar-refractivity contribution in [2.75, 3.05) is 32.0 Å². The van der Waals surface area contributed by atoms with Gasteiger partial charge in [-0.1, -0.05) is 27.7 Å². The first-order valence-corrected chi connectivity index (χ1v) is 9.02. The number of ether oxygens (including phenoxy) is 1. The van der Waals surface area contributed by atoms with E-state index in [9.17, 15) is 0 Å². The zero-order chi connectivity index (χ0) is 14.6. The van der Waals surface area contributed by atoms with Gasteiger partial charge in [0.15, 0.2) is 0 Å². The van der Waals surface area contributed by atoms with Crippen molar-refractivity contribution in [2.45, 2.75) is 56.9 Å². The Morgan fingerprint density at radius 2 is 2.00 bits per heavy atom. The van der Waals surface area contributed by atoms with Crippen molar-refractivity contribution in [2.24, 2.45) is 17.1 Å². The summed E-state index contributed by atoms with van der Waals surface area (Å²) in [5, 5.41) is 0. The lowest BCUT2D eigenvalue weighted by molar-refractivity contribution is -0.162. The van der Waals surface area contributed by atoms with Crippen LogP contribution in [-0.4, -0.2) is 53.3 Å². The van der Waals surface area contributed by atoms with Gasteiger partial charge in [0.05, 0.1) is 6.10 Å². The number of hydrogen-bond acceptors (Lipinski definition) is 4. The van der Waals surface area contributed by atoms with Crippen LogP contribution >= 0.6 is 11.8 Å². The van der Waals surface area contributed by atoms with Gasteiger partial charge < -0.3 is 15.4 Å². The van der Waals surface area contributed by atoms with Crippen LogP contribution in [0.25, 0.3) is 0 Å². The normalized spacial score (nSPS) is 43.6. The molecule has 2 saturated heterocycles. The number of thioether (sulfide) groups is 1. The zero-order valence-electron chi connectivity index (χ0n) is 13.4. The first kappa shape index (κ1) is 15.1. The van der Waals surface area contributed by atoms with Crippen LogP contribution in [0.1, 0.15) is 40.5 Å². The van der Waals surface area contributed by atoms with Gasteiger partial charge in [0, 0.05) is 47.1 Å². The van der Waals surface area contributed by atoms with Crippen molar-refractivity contribution < 1.29 is 4.74 Å². The van der Waals surface area contributed by atoms with E-state index < -0.39 is 0 Å². The maximum absolute atomic E-state index is 6.89. The monoisotopic (exact) mass is 298 g/mol. The third kappa shape index (κ3) is 2.23. The summed E-state index contributed by atoms with van der Waals surface area (Å²) in [5.74, 6) is 1.80. The van der Waals surface area contributed by atoms with Crippen LogP contribution < -0.4 is 5.73 Å². The highest BCUT2D eigenvalue weighted by Crippen LogP contribution is 2.58. The van der Waals surface area contributed by atoms with Crippen molar-refractivity contribution in [3.8, 4) is 0 Å². The number of rotatable bonds is 2. The standard InChI is InChI=1S/C16H30N2OS/c1-14(2)6-7-18(8-10-20-14)11-16(17)12-5-9-19-13(12)15(16,3)4/h12-13H,5-11,17H2,1-4H3. The lowest BCUT2D eigenvalue weighted by Gasteiger charge is -2.63. The molecule has 0 aromatic rings. The van der Waals surface area contributed by atoms with Gasteiger partial charge in [-0.3, -0.25) is 0 Å². The number of fused-ring (bicyclic) bond motifs is 1. The molecular weight excluding hydrogens is 268 g/mol. The highest BCUT2D eigenvalue weighted by molar-refractivity contribution is 8.00. The maximum atomic E-state index is 6.89. The third-order valence-electron chi connectivity index (χ3n) is 6.08. The molecule has 3 rings (SSSR count). The van der Waals surface area contributed by atoms with Crippen LogP contribution in [0, 0.1) is 11.3 Å². The Balaban J connectivity index is 1.68. The van der Waals surface area contributed by atoms with E-state index in [-0.39, 0.29) is 11.0 Å². The minimum atomic E-state index is -0.0622. The molecule has 3 atom stereocenters. The molecule has 0 bridgehead atoms. The van der Waals surface area contributed by atoms with Crippen LogP contribution in [0.4, 0.5) is 0 Å². The lowest BCUT2D eigenvalue weighted by Crippen LogP contribution is -2.78. The Hall–Kier alpha value is 0.230. The van der Waals surface area contributed by atoms with Gasteiger partial charge in [-0.15, -0.1) is 0 Å². The fourth-order valence-electron chi connectivity index (χ4n) is 4.39. The largest absolute Gasteiger partial charge is 0.377 e. The summed E-state index contributed by atoms with van der Waals surface area (Å²) in [6.45, 7) is 13.7. The van der Waals surface area contributed by atoms with Crippen LogP contribution in [0.2, 0.25) is 0 Å². The molecule has 3 fully saturated rings. The zero-order valence-corrected chi connectivity index (χ0v) is 14.3. The minimum absolute atomic E-state index is 0.0622. The number of nitrogens with two attached hydrogens (primary N) is 1. The van der Waals surface area contributed by atoms with E-state index in [1.807, 2.05) is 0 Å². The maximum Gasteiger partial charge on any atom is 0.0691 e. The van der Waals surface area contributed by atoms with Gasteiger partial charge in [0.2, 0.25) is 0 Å². The first-order chi connectivity index (χ1) is 9.26. The highest BCUT2D eigenvalue weighted by atomic mass is 32.2. The molecule has 3 aliphatic rings.